The maximum absolute atomic E-state index is 12.2. The Morgan fingerprint density at radius 2 is 2.07 bits per heavy atom. The number of rotatable bonds is 5. The summed E-state index contributed by atoms with van der Waals surface area (Å²) in [6.45, 7) is 4.52. The van der Waals surface area contributed by atoms with Crippen molar-refractivity contribution < 1.29 is 14.3 Å². The van der Waals surface area contributed by atoms with Crippen LogP contribution in [0.3, 0.4) is 0 Å². The fourth-order valence-corrected chi connectivity index (χ4v) is 3.22. The smallest absolute Gasteiger partial charge is 0.220 e. The molecular weight excluding hydrogens is 368 g/mol. The van der Waals surface area contributed by atoms with E-state index < -0.39 is 0 Å². The molecular formula is C19H25ClN4O3. The van der Waals surface area contributed by atoms with Gasteiger partial charge in [0, 0.05) is 38.9 Å². The van der Waals surface area contributed by atoms with Gasteiger partial charge in [-0.05, 0) is 23.8 Å². The molecule has 8 heteroatoms. The Kier molecular flexibility index (Phi) is 6.58. The Labute approximate surface area is 164 Å². The second kappa shape index (κ2) is 9.10. The topological polar surface area (TPSA) is 77.4 Å². The van der Waals surface area contributed by atoms with Crippen LogP contribution < -0.4 is 20.1 Å². The molecule has 1 amide bonds. The average Bonchev–Trinajstić information content (AvgIpc) is 2.94. The van der Waals surface area contributed by atoms with Gasteiger partial charge in [0.15, 0.2) is 11.5 Å². The lowest BCUT2D eigenvalue weighted by atomic mass is 10.2. The van der Waals surface area contributed by atoms with Gasteiger partial charge >= 0.3 is 0 Å². The number of ether oxygens (including phenoxy) is 2. The van der Waals surface area contributed by atoms with E-state index in [1.165, 1.54) is 5.69 Å². The predicted molar refractivity (Wildman–Crippen MR) is 103 cm³/mol. The highest BCUT2D eigenvalue weighted by atomic mass is 35.5. The summed E-state index contributed by atoms with van der Waals surface area (Å²) < 4.78 is 13.3. The van der Waals surface area contributed by atoms with Gasteiger partial charge in [0.2, 0.25) is 5.91 Å². The van der Waals surface area contributed by atoms with Crippen molar-refractivity contribution >= 4 is 18.3 Å². The van der Waals surface area contributed by atoms with Crippen molar-refractivity contribution in [3.8, 4) is 11.5 Å². The number of carbonyl (C=O) groups is 1. The van der Waals surface area contributed by atoms with E-state index in [0.29, 0.717) is 32.6 Å². The molecule has 2 aliphatic heterocycles. The van der Waals surface area contributed by atoms with Crippen molar-refractivity contribution in [1.29, 1.82) is 0 Å². The minimum absolute atomic E-state index is 0. The molecule has 146 valence electrons. The van der Waals surface area contributed by atoms with Crippen LogP contribution in [0.5, 0.6) is 11.5 Å². The number of nitrogens with one attached hydrogen (secondary N) is 2. The summed E-state index contributed by atoms with van der Waals surface area (Å²) in [4.78, 5) is 12.2. The van der Waals surface area contributed by atoms with Gasteiger partial charge in [0.05, 0.1) is 31.1 Å². The molecule has 1 aromatic carbocycles. The summed E-state index contributed by atoms with van der Waals surface area (Å²) in [5.41, 5.74) is 3.18. The van der Waals surface area contributed by atoms with Crippen molar-refractivity contribution in [2.45, 2.75) is 38.9 Å². The zero-order valence-electron chi connectivity index (χ0n) is 15.2. The molecule has 0 spiro atoms. The number of hydrogen-bond donors (Lipinski definition) is 2. The van der Waals surface area contributed by atoms with Crippen LogP contribution in [0.2, 0.25) is 0 Å². The van der Waals surface area contributed by atoms with Crippen LogP contribution in [-0.2, 0) is 30.8 Å². The lowest BCUT2D eigenvalue weighted by Crippen LogP contribution is -2.28. The molecule has 0 saturated carbocycles. The van der Waals surface area contributed by atoms with E-state index >= 15 is 0 Å². The Hall–Kier alpha value is -2.25. The molecule has 0 radical (unpaired) electrons. The molecule has 1 aromatic heterocycles. The molecule has 0 saturated heterocycles. The lowest BCUT2D eigenvalue weighted by molar-refractivity contribution is -0.121. The highest BCUT2D eigenvalue weighted by Gasteiger charge is 2.13. The predicted octanol–water partition coefficient (Wildman–Crippen LogP) is 1.82. The van der Waals surface area contributed by atoms with E-state index in [9.17, 15) is 4.79 Å². The quantitative estimate of drug-likeness (QED) is 0.811. The highest BCUT2D eigenvalue weighted by Crippen LogP contribution is 2.30. The van der Waals surface area contributed by atoms with Crippen LogP contribution in [0, 0.1) is 0 Å². The Bertz CT molecular complexity index is 770. The Morgan fingerprint density at radius 3 is 2.93 bits per heavy atom. The molecule has 7 nitrogen and oxygen atoms in total. The number of fused-ring (bicyclic) bond motifs is 2. The van der Waals surface area contributed by atoms with Crippen LogP contribution in [0.4, 0.5) is 0 Å². The number of aryl methyl sites for hydroxylation is 1. The second-order valence-electron chi connectivity index (χ2n) is 6.64. The Morgan fingerprint density at radius 1 is 1.22 bits per heavy atom. The zero-order chi connectivity index (χ0) is 17.8. The summed E-state index contributed by atoms with van der Waals surface area (Å²) in [6.07, 6.45) is 1.98. The number of nitrogens with zero attached hydrogens (tertiary/aromatic N) is 2. The lowest BCUT2D eigenvalue weighted by Gasteiger charge is -2.13. The molecule has 0 bridgehead atoms. The molecule has 2 aliphatic rings. The number of benzene rings is 1. The van der Waals surface area contributed by atoms with E-state index in [2.05, 4.69) is 21.8 Å². The number of carbonyl (C=O) groups excluding carboxylic acids is 1. The van der Waals surface area contributed by atoms with Crippen LogP contribution >= 0.6 is 12.4 Å². The SMILES string of the molecule is Cl.O=C(CCc1cc2n(n1)CCNC2)NCc1ccc2c(c1)OCCCO2. The first-order chi connectivity index (χ1) is 12.8. The van der Waals surface area contributed by atoms with Crippen LogP contribution in [0.15, 0.2) is 24.3 Å². The maximum atomic E-state index is 12.2. The zero-order valence-corrected chi connectivity index (χ0v) is 16.0. The molecule has 0 fully saturated rings. The van der Waals surface area contributed by atoms with E-state index in [-0.39, 0.29) is 18.3 Å². The monoisotopic (exact) mass is 392 g/mol. The first-order valence-corrected chi connectivity index (χ1v) is 9.19. The summed E-state index contributed by atoms with van der Waals surface area (Å²) in [7, 11) is 0. The highest BCUT2D eigenvalue weighted by molar-refractivity contribution is 5.85. The van der Waals surface area contributed by atoms with E-state index in [0.717, 1.165) is 48.8 Å². The number of hydrogen-bond acceptors (Lipinski definition) is 5. The van der Waals surface area contributed by atoms with Gasteiger partial charge in [0.25, 0.3) is 0 Å². The van der Waals surface area contributed by atoms with E-state index in [4.69, 9.17) is 9.47 Å². The van der Waals surface area contributed by atoms with Gasteiger partial charge in [-0.15, -0.1) is 12.4 Å². The van der Waals surface area contributed by atoms with Crippen molar-refractivity contribution in [1.82, 2.24) is 20.4 Å². The minimum atomic E-state index is 0. The van der Waals surface area contributed by atoms with Crippen molar-refractivity contribution in [2.24, 2.45) is 0 Å². The van der Waals surface area contributed by atoms with E-state index in [1.54, 1.807) is 0 Å². The summed E-state index contributed by atoms with van der Waals surface area (Å²) >= 11 is 0. The largest absolute Gasteiger partial charge is 0.490 e. The summed E-state index contributed by atoms with van der Waals surface area (Å²) in [6, 6.07) is 7.90. The molecule has 4 rings (SSSR count). The van der Waals surface area contributed by atoms with Crippen LogP contribution in [-0.4, -0.2) is 35.4 Å². The van der Waals surface area contributed by atoms with E-state index in [1.807, 2.05) is 22.9 Å². The third-order valence-electron chi connectivity index (χ3n) is 4.63. The molecule has 27 heavy (non-hydrogen) atoms. The van der Waals surface area contributed by atoms with Crippen LogP contribution in [0.1, 0.15) is 29.8 Å². The van der Waals surface area contributed by atoms with Gasteiger partial charge in [0.1, 0.15) is 0 Å². The molecule has 2 N–H and O–H groups in total. The van der Waals surface area contributed by atoms with Gasteiger partial charge < -0.3 is 20.1 Å². The molecule has 0 aliphatic carbocycles. The summed E-state index contributed by atoms with van der Waals surface area (Å²) in [5.74, 6) is 1.56. The number of aromatic nitrogens is 2. The first kappa shape index (κ1) is 19.5. The van der Waals surface area contributed by atoms with Gasteiger partial charge in [-0.1, -0.05) is 6.07 Å². The third-order valence-corrected chi connectivity index (χ3v) is 4.63. The van der Waals surface area contributed by atoms with Gasteiger partial charge in [-0.3, -0.25) is 9.48 Å². The summed E-state index contributed by atoms with van der Waals surface area (Å²) in [5, 5.41) is 10.9. The standard InChI is InChI=1S/C19H24N4O3.ClH/c24-19(5-3-15-11-16-13-20-6-7-23(16)22-15)21-12-14-2-4-17-18(10-14)26-9-1-8-25-17;/h2,4,10-11,20H,1,3,5-9,12-13H2,(H,21,24);1H. The van der Waals surface area contributed by atoms with Gasteiger partial charge in [-0.2, -0.15) is 5.10 Å². The fourth-order valence-electron chi connectivity index (χ4n) is 3.22. The minimum Gasteiger partial charge on any atom is -0.490 e. The maximum Gasteiger partial charge on any atom is 0.220 e. The average molecular weight is 393 g/mol. The molecule has 3 heterocycles. The number of halogens is 1. The molecule has 0 unspecified atom stereocenters. The van der Waals surface area contributed by atoms with Crippen molar-refractivity contribution in [3.05, 3.63) is 41.2 Å². The first-order valence-electron chi connectivity index (χ1n) is 9.19. The van der Waals surface area contributed by atoms with Crippen molar-refractivity contribution in [2.75, 3.05) is 19.8 Å². The number of amides is 1. The normalized spacial score (nSPS) is 15.3. The second-order valence-corrected chi connectivity index (χ2v) is 6.64. The molecule has 0 atom stereocenters. The fraction of sp³-hybridized carbons (Fsp3) is 0.474. The van der Waals surface area contributed by atoms with Crippen LogP contribution in [0.25, 0.3) is 0 Å². The third kappa shape index (κ3) is 4.93. The van der Waals surface area contributed by atoms with Crippen molar-refractivity contribution in [3.63, 3.8) is 0 Å². The molecule has 2 aromatic rings. The Balaban J connectivity index is 0.00000210. The van der Waals surface area contributed by atoms with Gasteiger partial charge in [-0.25, -0.2) is 0 Å².